The van der Waals surface area contributed by atoms with Crippen molar-refractivity contribution in [3.63, 3.8) is 0 Å². The number of methoxy groups -OCH3 is 1. The van der Waals surface area contributed by atoms with Gasteiger partial charge in [0.05, 0.1) is 7.11 Å². The second-order valence-corrected chi connectivity index (χ2v) is 8.94. The number of hydrogen-bond donors (Lipinski definition) is 1. The summed E-state index contributed by atoms with van der Waals surface area (Å²) in [4.78, 5) is 26.9. The molecule has 174 valence electrons. The van der Waals surface area contributed by atoms with Crippen molar-refractivity contribution in [2.45, 2.75) is 50.2 Å². The molecule has 2 amide bonds. The molecule has 1 aliphatic rings. The quantitative estimate of drug-likeness (QED) is 0.613. The fourth-order valence-corrected chi connectivity index (χ4v) is 5.67. The van der Waals surface area contributed by atoms with Gasteiger partial charge in [0.2, 0.25) is 5.91 Å². The van der Waals surface area contributed by atoms with Gasteiger partial charge in [-0.15, -0.1) is 11.3 Å². The van der Waals surface area contributed by atoms with Crippen LogP contribution in [0.1, 0.15) is 42.5 Å². The van der Waals surface area contributed by atoms with Crippen molar-refractivity contribution in [1.82, 2.24) is 4.90 Å². The van der Waals surface area contributed by atoms with Gasteiger partial charge in [-0.05, 0) is 54.3 Å². The zero-order chi connectivity index (χ0) is 23.4. The Morgan fingerprint density at radius 1 is 1.12 bits per heavy atom. The van der Waals surface area contributed by atoms with Crippen LogP contribution in [0.5, 0.6) is 5.75 Å². The van der Waals surface area contributed by atoms with E-state index in [0.29, 0.717) is 28.4 Å². The maximum atomic E-state index is 13.8. The average Bonchev–Trinajstić information content (AvgIpc) is 3.31. The van der Waals surface area contributed by atoms with Crippen LogP contribution in [0.3, 0.4) is 0 Å². The van der Waals surface area contributed by atoms with Crippen LogP contribution in [-0.4, -0.2) is 36.5 Å². The number of carbonyl (C=O) groups is 2. The number of ether oxygens (including phenoxy) is 1. The summed E-state index contributed by atoms with van der Waals surface area (Å²) >= 11 is 1.16. The summed E-state index contributed by atoms with van der Waals surface area (Å²) in [6.07, 6.45) is -1.44. The van der Waals surface area contributed by atoms with Gasteiger partial charge in [-0.25, -0.2) is 0 Å². The van der Waals surface area contributed by atoms with E-state index in [9.17, 15) is 22.8 Å². The van der Waals surface area contributed by atoms with Crippen LogP contribution >= 0.6 is 11.3 Å². The minimum atomic E-state index is -5.13. The zero-order valence-electron chi connectivity index (χ0n) is 17.9. The first-order chi connectivity index (χ1) is 15.2. The fraction of sp³-hybridized carbons (Fsp3) is 0.478. The van der Waals surface area contributed by atoms with Crippen molar-refractivity contribution < 1.29 is 27.5 Å². The number of halogens is 3. The Morgan fingerprint density at radius 3 is 2.28 bits per heavy atom. The van der Waals surface area contributed by atoms with Gasteiger partial charge in [0.15, 0.2) is 5.54 Å². The van der Waals surface area contributed by atoms with Crippen molar-refractivity contribution in [2.24, 2.45) is 11.7 Å². The lowest BCUT2D eigenvalue weighted by atomic mass is 9.71. The number of alkyl halides is 3. The minimum Gasteiger partial charge on any atom is -0.497 e. The molecule has 3 rings (SSSR count). The Kier molecular flexibility index (Phi) is 7.48. The van der Waals surface area contributed by atoms with Crippen LogP contribution in [0.25, 0.3) is 0 Å². The van der Waals surface area contributed by atoms with Crippen molar-refractivity contribution in [1.29, 1.82) is 0 Å². The second kappa shape index (κ2) is 9.94. The molecule has 0 saturated heterocycles. The van der Waals surface area contributed by atoms with E-state index in [4.69, 9.17) is 10.5 Å². The highest BCUT2D eigenvalue weighted by atomic mass is 32.1. The summed E-state index contributed by atoms with van der Waals surface area (Å²) in [6.45, 7) is -0.290. The van der Waals surface area contributed by atoms with Crippen LogP contribution in [0.2, 0.25) is 0 Å². The van der Waals surface area contributed by atoms with Gasteiger partial charge in [0.25, 0.3) is 0 Å². The van der Waals surface area contributed by atoms with E-state index >= 15 is 0 Å². The predicted octanol–water partition coefficient (Wildman–Crippen LogP) is 4.65. The molecule has 0 radical (unpaired) electrons. The minimum absolute atomic E-state index is 0.138. The number of primary amides is 1. The van der Waals surface area contributed by atoms with Gasteiger partial charge in [-0.3, -0.25) is 9.59 Å². The van der Waals surface area contributed by atoms with Gasteiger partial charge in [0.1, 0.15) is 5.75 Å². The molecule has 1 aromatic carbocycles. The summed E-state index contributed by atoms with van der Waals surface area (Å²) in [7, 11) is 1.52. The molecule has 2 aromatic rings. The van der Waals surface area contributed by atoms with E-state index in [2.05, 4.69) is 0 Å². The molecule has 1 aliphatic carbocycles. The molecule has 1 saturated carbocycles. The number of hydrogen-bond acceptors (Lipinski definition) is 4. The molecular formula is C23H27F3N2O3S. The third-order valence-electron chi connectivity index (χ3n) is 6.17. The molecule has 9 heteroatoms. The first-order valence-electron chi connectivity index (χ1n) is 10.6. The number of carbonyl (C=O) groups excluding carboxylic acids is 2. The van der Waals surface area contributed by atoms with Crippen molar-refractivity contribution in [2.75, 3.05) is 13.7 Å². The van der Waals surface area contributed by atoms with Crippen molar-refractivity contribution in [3.05, 3.63) is 52.2 Å². The lowest BCUT2D eigenvalue weighted by Crippen LogP contribution is -2.63. The summed E-state index contributed by atoms with van der Waals surface area (Å²) in [5.41, 5.74) is 4.75. The first kappa shape index (κ1) is 24.1. The van der Waals surface area contributed by atoms with Crippen LogP contribution in [0.15, 0.2) is 41.8 Å². The molecule has 0 spiro atoms. The second-order valence-electron chi connectivity index (χ2n) is 8.00. The van der Waals surface area contributed by atoms with Crippen LogP contribution in [0, 0.1) is 5.92 Å². The number of thiophene rings is 1. The normalized spacial score (nSPS) is 16.9. The number of benzene rings is 1. The molecule has 1 aromatic heterocycles. The molecule has 2 N–H and O–H groups in total. The molecule has 5 nitrogen and oxygen atoms in total. The molecule has 1 unspecified atom stereocenters. The first-order valence-corrected chi connectivity index (χ1v) is 11.4. The van der Waals surface area contributed by atoms with E-state index in [1.54, 1.807) is 41.8 Å². The number of rotatable bonds is 8. The monoisotopic (exact) mass is 468 g/mol. The number of nitrogens with two attached hydrogens (primary N) is 1. The van der Waals surface area contributed by atoms with Gasteiger partial charge >= 0.3 is 12.1 Å². The van der Waals surface area contributed by atoms with E-state index in [1.807, 2.05) is 0 Å². The summed E-state index contributed by atoms with van der Waals surface area (Å²) in [5, 5.41) is 1.69. The SMILES string of the molecule is COc1ccc(CCN(C(=O)C(F)(F)F)C(C(N)=O)(c2cccs2)C2CCCCC2)cc1. The highest BCUT2D eigenvalue weighted by Gasteiger charge is 2.57. The van der Waals surface area contributed by atoms with Crippen LogP contribution < -0.4 is 10.5 Å². The van der Waals surface area contributed by atoms with Crippen molar-refractivity contribution in [3.8, 4) is 5.75 Å². The van der Waals surface area contributed by atoms with Gasteiger partial charge in [-0.2, -0.15) is 13.2 Å². The predicted molar refractivity (Wildman–Crippen MR) is 116 cm³/mol. The molecule has 0 aliphatic heterocycles. The van der Waals surface area contributed by atoms with E-state index in [-0.39, 0.29) is 13.0 Å². The highest BCUT2D eigenvalue weighted by molar-refractivity contribution is 7.10. The Morgan fingerprint density at radius 2 is 1.78 bits per heavy atom. The van der Waals surface area contributed by atoms with Gasteiger partial charge in [0, 0.05) is 11.4 Å². The lowest BCUT2D eigenvalue weighted by molar-refractivity contribution is -0.196. The topological polar surface area (TPSA) is 72.6 Å². The van der Waals surface area contributed by atoms with E-state index in [1.165, 1.54) is 7.11 Å². The average molecular weight is 469 g/mol. The van der Waals surface area contributed by atoms with Crippen LogP contribution in [0.4, 0.5) is 13.2 Å². The number of nitrogens with zero attached hydrogens (tertiary/aromatic N) is 1. The Bertz CT molecular complexity index is 910. The largest absolute Gasteiger partial charge is 0.497 e. The molecule has 1 atom stereocenters. The molecule has 0 bridgehead atoms. The van der Waals surface area contributed by atoms with E-state index < -0.39 is 29.4 Å². The Labute approximate surface area is 189 Å². The van der Waals surface area contributed by atoms with Gasteiger partial charge in [-0.1, -0.05) is 37.5 Å². The third-order valence-corrected chi connectivity index (χ3v) is 7.16. The molecular weight excluding hydrogens is 441 g/mol. The zero-order valence-corrected chi connectivity index (χ0v) is 18.7. The maximum absolute atomic E-state index is 13.8. The summed E-state index contributed by atoms with van der Waals surface area (Å²) in [5.74, 6) is -2.82. The Balaban J connectivity index is 2.07. The highest BCUT2D eigenvalue weighted by Crippen LogP contribution is 2.46. The summed E-state index contributed by atoms with van der Waals surface area (Å²) < 4.78 is 46.4. The van der Waals surface area contributed by atoms with Crippen LogP contribution in [-0.2, 0) is 21.5 Å². The number of amides is 2. The third kappa shape index (κ3) is 4.77. The fourth-order valence-electron chi connectivity index (χ4n) is 4.65. The molecule has 32 heavy (non-hydrogen) atoms. The van der Waals surface area contributed by atoms with Crippen molar-refractivity contribution >= 4 is 23.2 Å². The maximum Gasteiger partial charge on any atom is 0.471 e. The van der Waals surface area contributed by atoms with E-state index in [0.717, 1.165) is 36.2 Å². The molecule has 1 fully saturated rings. The summed E-state index contributed by atoms with van der Waals surface area (Å²) in [6, 6.07) is 10.1. The molecule has 1 heterocycles. The Hall–Kier alpha value is -2.55. The standard InChI is InChI=1S/C23H27F3N2O3S/c1-31-18-11-9-16(10-12-18)13-14-28(21(30)23(24,25)26)22(20(27)29,19-8-5-15-32-19)17-6-3-2-4-7-17/h5,8-12,15,17H,2-4,6-7,13-14H2,1H3,(H2,27,29). The lowest BCUT2D eigenvalue weighted by Gasteiger charge is -2.47. The smallest absolute Gasteiger partial charge is 0.471 e. The van der Waals surface area contributed by atoms with Gasteiger partial charge < -0.3 is 15.4 Å².